The van der Waals surface area contributed by atoms with Crippen LogP contribution in [0, 0.1) is 0 Å². The second-order valence-electron chi connectivity index (χ2n) is 3.69. The van der Waals surface area contributed by atoms with Crippen molar-refractivity contribution in [1.29, 1.82) is 0 Å². The molecule has 0 spiro atoms. The number of carboxylic acids is 1. The number of nitrogens with zero attached hydrogens (tertiary/aromatic N) is 1. The van der Waals surface area contributed by atoms with Crippen molar-refractivity contribution in [2.24, 2.45) is 0 Å². The minimum atomic E-state index is -0.744. The molecule has 1 N–H and O–H groups in total. The van der Waals surface area contributed by atoms with Crippen molar-refractivity contribution in [1.82, 2.24) is 4.98 Å². The predicted molar refractivity (Wildman–Crippen MR) is 65.0 cm³/mol. The molecule has 0 amide bonds. The number of rotatable bonds is 4. The number of aliphatic carboxylic acids is 1. The highest BCUT2D eigenvalue weighted by molar-refractivity contribution is 7.16. The number of carboxylic acid groups (broad SMARTS) is 1. The normalized spacial score (nSPS) is 10.8. The first-order valence-corrected chi connectivity index (χ1v) is 6.15. The molecule has 84 valence electrons. The molecule has 16 heavy (non-hydrogen) atoms. The van der Waals surface area contributed by atoms with Gasteiger partial charge in [0.2, 0.25) is 0 Å². The van der Waals surface area contributed by atoms with Gasteiger partial charge in [-0.3, -0.25) is 4.79 Å². The van der Waals surface area contributed by atoms with Crippen molar-refractivity contribution in [2.75, 3.05) is 0 Å². The fraction of sp³-hybridized carbons (Fsp3) is 0.333. The number of aryl methyl sites for hydroxylation is 2. The predicted octanol–water partition coefficient (Wildman–Crippen LogP) is 2.88. The van der Waals surface area contributed by atoms with Gasteiger partial charge in [0.1, 0.15) is 0 Å². The number of aromatic nitrogens is 1. The third-order valence-corrected chi connectivity index (χ3v) is 3.43. The molecule has 0 atom stereocenters. The summed E-state index contributed by atoms with van der Waals surface area (Å²) in [6, 6.07) is 4.15. The first kappa shape index (κ1) is 11.1. The lowest BCUT2D eigenvalue weighted by Crippen LogP contribution is -2.00. The Morgan fingerprint density at radius 2 is 2.25 bits per heavy atom. The largest absolute Gasteiger partial charge is 0.481 e. The van der Waals surface area contributed by atoms with E-state index in [-0.39, 0.29) is 6.42 Å². The van der Waals surface area contributed by atoms with Crippen LogP contribution in [0.4, 0.5) is 0 Å². The van der Waals surface area contributed by atoms with Gasteiger partial charge in [0.05, 0.1) is 15.7 Å². The monoisotopic (exact) mass is 235 g/mol. The number of benzene rings is 1. The maximum absolute atomic E-state index is 10.6. The van der Waals surface area contributed by atoms with Crippen LogP contribution in [0.15, 0.2) is 17.6 Å². The molecule has 1 aromatic carbocycles. The molecule has 0 saturated heterocycles. The lowest BCUT2D eigenvalue weighted by Gasteiger charge is -2.06. The van der Waals surface area contributed by atoms with Gasteiger partial charge in [0.15, 0.2) is 0 Å². The van der Waals surface area contributed by atoms with Gasteiger partial charge in [-0.2, -0.15) is 0 Å². The van der Waals surface area contributed by atoms with Gasteiger partial charge in [0, 0.05) is 6.42 Å². The minimum absolute atomic E-state index is 0.192. The van der Waals surface area contributed by atoms with E-state index in [1.807, 2.05) is 5.51 Å². The van der Waals surface area contributed by atoms with E-state index in [0.29, 0.717) is 6.42 Å². The highest BCUT2D eigenvalue weighted by atomic mass is 32.1. The molecule has 1 heterocycles. The summed E-state index contributed by atoms with van der Waals surface area (Å²) in [6.45, 7) is 2.08. The van der Waals surface area contributed by atoms with Crippen LogP contribution in [0.5, 0.6) is 0 Å². The van der Waals surface area contributed by atoms with E-state index in [2.05, 4.69) is 24.0 Å². The molecule has 2 rings (SSSR count). The number of hydrogen-bond acceptors (Lipinski definition) is 3. The van der Waals surface area contributed by atoms with E-state index in [0.717, 1.165) is 22.2 Å². The van der Waals surface area contributed by atoms with E-state index in [1.54, 1.807) is 11.3 Å². The molecule has 0 radical (unpaired) electrons. The molecular formula is C12H13NO2S. The van der Waals surface area contributed by atoms with E-state index in [4.69, 9.17) is 5.11 Å². The van der Waals surface area contributed by atoms with Crippen LogP contribution in [-0.4, -0.2) is 16.1 Å². The van der Waals surface area contributed by atoms with E-state index < -0.39 is 5.97 Å². The van der Waals surface area contributed by atoms with Gasteiger partial charge in [-0.1, -0.05) is 6.92 Å². The van der Waals surface area contributed by atoms with Crippen molar-refractivity contribution in [2.45, 2.75) is 26.2 Å². The fourth-order valence-corrected chi connectivity index (χ4v) is 2.51. The van der Waals surface area contributed by atoms with Gasteiger partial charge >= 0.3 is 5.97 Å². The molecule has 0 aliphatic heterocycles. The van der Waals surface area contributed by atoms with Crippen LogP contribution in [0.2, 0.25) is 0 Å². The van der Waals surface area contributed by atoms with Crippen LogP contribution in [0.3, 0.4) is 0 Å². The molecule has 1 aromatic heterocycles. The Hall–Kier alpha value is -1.42. The molecule has 0 aliphatic rings. The maximum atomic E-state index is 10.6. The van der Waals surface area contributed by atoms with Crippen LogP contribution >= 0.6 is 11.3 Å². The standard InChI is InChI=1S/C12H13NO2S/c1-2-8-5-10-11(16-7-13-10)6-9(8)3-4-12(14)15/h5-7H,2-4H2,1H3,(H,14,15). The molecule has 0 unspecified atom stereocenters. The summed E-state index contributed by atoms with van der Waals surface area (Å²) in [5, 5.41) is 8.70. The van der Waals surface area contributed by atoms with Gasteiger partial charge in [-0.05, 0) is 36.1 Å². The smallest absolute Gasteiger partial charge is 0.303 e. The number of hydrogen-bond donors (Lipinski definition) is 1. The molecule has 0 aliphatic carbocycles. The summed E-state index contributed by atoms with van der Waals surface area (Å²) in [6.07, 6.45) is 1.71. The summed E-state index contributed by atoms with van der Waals surface area (Å²) >= 11 is 1.60. The second-order valence-corrected chi connectivity index (χ2v) is 4.57. The lowest BCUT2D eigenvalue weighted by molar-refractivity contribution is -0.136. The quantitative estimate of drug-likeness (QED) is 0.886. The zero-order valence-electron chi connectivity index (χ0n) is 9.06. The average molecular weight is 235 g/mol. The van der Waals surface area contributed by atoms with Crippen molar-refractivity contribution in [3.05, 3.63) is 28.8 Å². The Bertz CT molecular complexity index is 519. The summed E-state index contributed by atoms with van der Waals surface area (Å²) in [5.41, 5.74) is 5.19. The van der Waals surface area contributed by atoms with E-state index in [1.165, 1.54) is 5.56 Å². The molecular weight excluding hydrogens is 222 g/mol. The first-order chi connectivity index (χ1) is 7.70. The summed E-state index contributed by atoms with van der Waals surface area (Å²) in [7, 11) is 0. The van der Waals surface area contributed by atoms with Gasteiger partial charge in [0.25, 0.3) is 0 Å². The first-order valence-electron chi connectivity index (χ1n) is 5.27. The summed E-state index contributed by atoms with van der Waals surface area (Å²) in [5.74, 6) is -0.744. The van der Waals surface area contributed by atoms with Crippen molar-refractivity contribution in [3.8, 4) is 0 Å². The van der Waals surface area contributed by atoms with Crippen molar-refractivity contribution >= 4 is 27.5 Å². The molecule has 0 bridgehead atoms. The zero-order chi connectivity index (χ0) is 11.5. The Labute approximate surface area is 97.8 Å². The Morgan fingerprint density at radius 1 is 1.44 bits per heavy atom. The third kappa shape index (κ3) is 2.22. The van der Waals surface area contributed by atoms with Crippen LogP contribution in [0.1, 0.15) is 24.5 Å². The van der Waals surface area contributed by atoms with Gasteiger partial charge < -0.3 is 5.11 Å². The second kappa shape index (κ2) is 4.61. The number of fused-ring (bicyclic) bond motifs is 1. The van der Waals surface area contributed by atoms with Crippen LogP contribution in [0.25, 0.3) is 10.2 Å². The topological polar surface area (TPSA) is 50.2 Å². The molecule has 3 nitrogen and oxygen atoms in total. The van der Waals surface area contributed by atoms with Crippen LogP contribution < -0.4 is 0 Å². The van der Waals surface area contributed by atoms with Crippen LogP contribution in [-0.2, 0) is 17.6 Å². The minimum Gasteiger partial charge on any atom is -0.481 e. The third-order valence-electron chi connectivity index (χ3n) is 2.64. The Morgan fingerprint density at radius 3 is 2.94 bits per heavy atom. The van der Waals surface area contributed by atoms with E-state index in [9.17, 15) is 4.79 Å². The zero-order valence-corrected chi connectivity index (χ0v) is 9.88. The number of thiazole rings is 1. The Kier molecular flexibility index (Phi) is 3.19. The SMILES string of the molecule is CCc1cc2ncsc2cc1CCC(=O)O. The van der Waals surface area contributed by atoms with Gasteiger partial charge in [-0.15, -0.1) is 11.3 Å². The van der Waals surface area contributed by atoms with E-state index >= 15 is 0 Å². The molecule has 0 saturated carbocycles. The molecule has 2 aromatic rings. The maximum Gasteiger partial charge on any atom is 0.303 e. The summed E-state index contributed by atoms with van der Waals surface area (Å²) < 4.78 is 1.14. The highest BCUT2D eigenvalue weighted by Crippen LogP contribution is 2.24. The average Bonchev–Trinajstić information content (AvgIpc) is 2.71. The lowest BCUT2D eigenvalue weighted by atomic mass is 10.0. The van der Waals surface area contributed by atoms with Crippen molar-refractivity contribution in [3.63, 3.8) is 0 Å². The number of carbonyl (C=O) groups is 1. The summed E-state index contributed by atoms with van der Waals surface area (Å²) in [4.78, 5) is 14.8. The van der Waals surface area contributed by atoms with Crippen molar-refractivity contribution < 1.29 is 9.90 Å². The highest BCUT2D eigenvalue weighted by Gasteiger charge is 2.07. The molecule has 0 fully saturated rings. The Balaban J connectivity index is 2.36. The molecule has 4 heteroatoms. The van der Waals surface area contributed by atoms with Gasteiger partial charge in [-0.25, -0.2) is 4.98 Å². The fourth-order valence-electron chi connectivity index (χ4n) is 1.79.